The molecule has 0 unspecified atom stereocenters. The number of carbonyl (C=O) groups is 1. The van der Waals surface area contributed by atoms with Crippen molar-refractivity contribution >= 4 is 5.91 Å². The van der Waals surface area contributed by atoms with E-state index in [-0.39, 0.29) is 6.61 Å². The quantitative estimate of drug-likeness (QED) is 0.910. The van der Waals surface area contributed by atoms with E-state index in [0.29, 0.717) is 6.04 Å². The Balaban J connectivity index is 1.67. The molecule has 0 spiro atoms. The number of likely N-dealkylation sites (tertiary alicyclic amines) is 1. The van der Waals surface area contributed by atoms with Crippen LogP contribution in [0.4, 0.5) is 0 Å². The van der Waals surface area contributed by atoms with Crippen LogP contribution in [0.2, 0.25) is 0 Å². The summed E-state index contributed by atoms with van der Waals surface area (Å²) in [6, 6.07) is 9.45. The van der Waals surface area contributed by atoms with Gasteiger partial charge in [0.1, 0.15) is 5.75 Å². The van der Waals surface area contributed by atoms with Gasteiger partial charge in [0.2, 0.25) is 0 Å². The van der Waals surface area contributed by atoms with Crippen molar-refractivity contribution in [3.8, 4) is 5.75 Å². The zero-order chi connectivity index (χ0) is 15.5. The molecule has 3 atom stereocenters. The first-order valence-electron chi connectivity index (χ1n) is 8.39. The van der Waals surface area contributed by atoms with Gasteiger partial charge in [-0.3, -0.25) is 9.69 Å². The Labute approximate surface area is 132 Å². The molecule has 1 aromatic carbocycles. The Morgan fingerprint density at radius 2 is 2.18 bits per heavy atom. The van der Waals surface area contributed by atoms with Gasteiger partial charge in [0, 0.05) is 18.6 Å². The van der Waals surface area contributed by atoms with Crippen LogP contribution in [0, 0.1) is 5.92 Å². The van der Waals surface area contributed by atoms with Crippen LogP contribution in [0.25, 0.3) is 0 Å². The van der Waals surface area contributed by atoms with Crippen LogP contribution in [-0.4, -0.2) is 29.5 Å². The number of amides is 1. The fourth-order valence-corrected chi connectivity index (χ4v) is 4.17. The molecular formula is C18H26N2O2. The van der Waals surface area contributed by atoms with Crippen molar-refractivity contribution in [3.63, 3.8) is 0 Å². The lowest BCUT2D eigenvalue weighted by atomic mass is 9.85. The second-order valence-electron chi connectivity index (χ2n) is 6.77. The van der Waals surface area contributed by atoms with Crippen molar-refractivity contribution in [1.82, 2.24) is 4.90 Å². The van der Waals surface area contributed by atoms with E-state index < -0.39 is 5.91 Å². The van der Waals surface area contributed by atoms with E-state index in [9.17, 15) is 4.79 Å². The predicted octanol–water partition coefficient (Wildman–Crippen LogP) is 2.70. The molecule has 2 aliphatic rings. The minimum absolute atomic E-state index is 0.0612. The number of fused-ring (bicyclic) bond motifs is 1. The lowest BCUT2D eigenvalue weighted by Crippen LogP contribution is -2.37. The molecule has 1 aliphatic carbocycles. The summed E-state index contributed by atoms with van der Waals surface area (Å²) in [5.41, 5.74) is 6.38. The van der Waals surface area contributed by atoms with E-state index >= 15 is 0 Å². The van der Waals surface area contributed by atoms with Crippen molar-refractivity contribution in [3.05, 3.63) is 29.8 Å². The molecule has 0 aromatic heterocycles. The van der Waals surface area contributed by atoms with Crippen LogP contribution in [0.15, 0.2) is 24.3 Å². The molecular weight excluding hydrogens is 276 g/mol. The summed E-state index contributed by atoms with van der Waals surface area (Å²) in [7, 11) is 0. The second-order valence-corrected chi connectivity index (χ2v) is 6.77. The Morgan fingerprint density at radius 3 is 3.00 bits per heavy atom. The highest BCUT2D eigenvalue weighted by Crippen LogP contribution is 2.40. The third-order valence-electron chi connectivity index (χ3n) is 5.15. The molecule has 1 aliphatic heterocycles. The number of nitrogens with zero attached hydrogens (tertiary/aromatic N) is 1. The summed E-state index contributed by atoms with van der Waals surface area (Å²) in [5.74, 6) is 1.17. The molecule has 1 aromatic rings. The summed E-state index contributed by atoms with van der Waals surface area (Å²) >= 11 is 0. The van der Waals surface area contributed by atoms with Gasteiger partial charge in [0.25, 0.3) is 5.91 Å². The van der Waals surface area contributed by atoms with E-state index in [2.05, 4.69) is 17.9 Å². The van der Waals surface area contributed by atoms with Gasteiger partial charge in [0.05, 0.1) is 0 Å². The van der Waals surface area contributed by atoms with Gasteiger partial charge in [0.15, 0.2) is 6.61 Å². The molecule has 0 bridgehead atoms. The first kappa shape index (κ1) is 15.3. The maximum absolute atomic E-state index is 10.8. The summed E-state index contributed by atoms with van der Waals surface area (Å²) in [4.78, 5) is 13.5. The lowest BCUT2D eigenvalue weighted by molar-refractivity contribution is -0.119. The van der Waals surface area contributed by atoms with Crippen LogP contribution >= 0.6 is 0 Å². The Hall–Kier alpha value is -1.55. The number of nitrogens with two attached hydrogens (primary N) is 1. The fraction of sp³-hybridized carbons (Fsp3) is 0.611. The van der Waals surface area contributed by atoms with Gasteiger partial charge in [-0.15, -0.1) is 0 Å². The smallest absolute Gasteiger partial charge is 0.255 e. The molecule has 4 nitrogen and oxygen atoms in total. The van der Waals surface area contributed by atoms with Crippen LogP contribution in [0.3, 0.4) is 0 Å². The van der Waals surface area contributed by atoms with Crippen LogP contribution in [-0.2, 0) is 11.3 Å². The molecule has 1 saturated heterocycles. The molecule has 1 amide bonds. The van der Waals surface area contributed by atoms with Crippen LogP contribution < -0.4 is 10.5 Å². The monoisotopic (exact) mass is 302 g/mol. The zero-order valence-corrected chi connectivity index (χ0v) is 13.3. The van der Waals surface area contributed by atoms with Crippen LogP contribution in [0.1, 0.15) is 44.6 Å². The van der Waals surface area contributed by atoms with E-state index in [1.165, 1.54) is 37.7 Å². The lowest BCUT2D eigenvalue weighted by Gasteiger charge is -2.33. The number of hydrogen-bond acceptors (Lipinski definition) is 3. The highest BCUT2D eigenvalue weighted by molar-refractivity contribution is 5.75. The number of primary amides is 1. The molecule has 22 heavy (non-hydrogen) atoms. The zero-order valence-electron chi connectivity index (χ0n) is 13.3. The number of ether oxygens (including phenoxy) is 1. The average molecular weight is 302 g/mol. The van der Waals surface area contributed by atoms with Gasteiger partial charge in [-0.1, -0.05) is 25.0 Å². The van der Waals surface area contributed by atoms with Crippen LogP contribution in [0.5, 0.6) is 5.75 Å². The standard InChI is InChI=1S/C18H26N2O2/c1-13-9-15-6-2-3-8-17(15)20(13)11-14-5-4-7-16(10-14)22-12-18(19)21/h4-5,7,10,13,15,17H,2-3,6,8-9,11-12H2,1H3,(H2,19,21)/t13-,15-,17-/m0/s1. The number of hydrogen-bond donors (Lipinski definition) is 1. The van der Waals surface area contributed by atoms with Gasteiger partial charge >= 0.3 is 0 Å². The first-order valence-corrected chi connectivity index (χ1v) is 8.39. The Kier molecular flexibility index (Phi) is 4.67. The maximum atomic E-state index is 10.8. The third kappa shape index (κ3) is 3.43. The fourth-order valence-electron chi connectivity index (χ4n) is 4.17. The van der Waals surface area contributed by atoms with Gasteiger partial charge in [-0.05, 0) is 49.8 Å². The number of rotatable bonds is 5. The van der Waals surface area contributed by atoms with Gasteiger partial charge in [-0.25, -0.2) is 0 Å². The highest BCUT2D eigenvalue weighted by Gasteiger charge is 2.39. The van der Waals surface area contributed by atoms with E-state index in [4.69, 9.17) is 10.5 Å². The summed E-state index contributed by atoms with van der Waals surface area (Å²) in [5, 5.41) is 0. The number of benzene rings is 1. The molecule has 1 heterocycles. The first-order chi connectivity index (χ1) is 10.6. The second kappa shape index (κ2) is 6.69. The molecule has 2 fully saturated rings. The van der Waals surface area contributed by atoms with Crippen molar-refractivity contribution in [2.45, 2.75) is 57.7 Å². The maximum Gasteiger partial charge on any atom is 0.255 e. The average Bonchev–Trinajstić information content (AvgIpc) is 2.82. The third-order valence-corrected chi connectivity index (χ3v) is 5.15. The van der Waals surface area contributed by atoms with Crippen molar-refractivity contribution < 1.29 is 9.53 Å². The molecule has 0 radical (unpaired) electrons. The summed E-state index contributed by atoms with van der Waals surface area (Å²) in [6.45, 7) is 3.26. The van der Waals surface area contributed by atoms with E-state index in [1.54, 1.807) is 0 Å². The van der Waals surface area contributed by atoms with Crippen molar-refractivity contribution in [2.75, 3.05) is 6.61 Å². The molecule has 3 rings (SSSR count). The Bertz CT molecular complexity index is 532. The predicted molar refractivity (Wildman–Crippen MR) is 86.5 cm³/mol. The van der Waals surface area contributed by atoms with E-state index in [0.717, 1.165) is 24.3 Å². The highest BCUT2D eigenvalue weighted by atomic mass is 16.5. The molecule has 1 saturated carbocycles. The van der Waals surface area contributed by atoms with Crippen molar-refractivity contribution in [2.24, 2.45) is 11.7 Å². The van der Waals surface area contributed by atoms with Gasteiger partial charge in [-0.2, -0.15) is 0 Å². The topological polar surface area (TPSA) is 55.6 Å². The van der Waals surface area contributed by atoms with E-state index in [1.807, 2.05) is 18.2 Å². The minimum atomic E-state index is -0.441. The normalized spacial score (nSPS) is 28.3. The molecule has 120 valence electrons. The minimum Gasteiger partial charge on any atom is -0.484 e. The van der Waals surface area contributed by atoms with Gasteiger partial charge < -0.3 is 10.5 Å². The summed E-state index contributed by atoms with van der Waals surface area (Å²) in [6.07, 6.45) is 6.84. The SMILES string of the molecule is C[C@H]1C[C@@H]2CCCC[C@@H]2N1Cc1cccc(OCC(N)=O)c1. The van der Waals surface area contributed by atoms with Crippen molar-refractivity contribution in [1.29, 1.82) is 0 Å². The largest absolute Gasteiger partial charge is 0.484 e. The molecule has 4 heteroatoms. The summed E-state index contributed by atoms with van der Waals surface area (Å²) < 4.78 is 5.41. The molecule has 2 N–H and O–H groups in total. The Morgan fingerprint density at radius 1 is 1.36 bits per heavy atom. The number of carbonyl (C=O) groups excluding carboxylic acids is 1.